The van der Waals surface area contributed by atoms with E-state index in [4.69, 9.17) is 9.47 Å². The van der Waals surface area contributed by atoms with Crippen molar-refractivity contribution in [2.45, 2.75) is 133 Å². The number of nitrogens with zero attached hydrogens (tertiary/aromatic N) is 4. The molecule has 1 unspecified atom stereocenters. The highest BCUT2D eigenvalue weighted by atomic mass is 32.2. The zero-order valence-electron chi connectivity index (χ0n) is 40.6. The number of benzene rings is 3. The summed E-state index contributed by atoms with van der Waals surface area (Å²) in [6, 6.07) is 17.9. The number of halogens is 1. The molecule has 10 rings (SSSR count). The normalized spacial score (nSPS) is 24.6. The van der Waals surface area contributed by atoms with Gasteiger partial charge in [-0.1, -0.05) is 58.4 Å². The number of carbonyl (C=O) groups is 1. The Morgan fingerprint density at radius 1 is 0.986 bits per heavy atom. The van der Waals surface area contributed by atoms with E-state index < -0.39 is 42.9 Å². The summed E-state index contributed by atoms with van der Waals surface area (Å²) in [5.74, 6) is -0.413. The Morgan fingerprint density at radius 2 is 1.73 bits per heavy atom. The van der Waals surface area contributed by atoms with Crippen LogP contribution in [0.3, 0.4) is 0 Å². The summed E-state index contributed by atoms with van der Waals surface area (Å²) in [6.07, 6.45) is 9.43. The molecule has 4 fully saturated rings. The SMILES string of the molecule is CC(C)c1ccccc1[C@@H]1CCCC1N1CC2(CCN(c3ccc(C(=O)NS(=O)(=O)c4cc5c(c([N+](=O)[O-])c4)N[C@@H](C4CCC(C)(O)CC4)CO5)c(Oc4cc5c(F)c[nH]c5nc4C(C)C)c3)CC2)C1. The van der Waals surface area contributed by atoms with Crippen LogP contribution in [-0.2, 0) is 10.0 Å². The quantitative estimate of drug-likeness (QED) is 0.0684. The van der Waals surface area contributed by atoms with E-state index in [2.05, 4.69) is 67.9 Å². The van der Waals surface area contributed by atoms with Gasteiger partial charge in [0, 0.05) is 62.3 Å². The van der Waals surface area contributed by atoms with Crippen LogP contribution in [0.25, 0.3) is 11.0 Å². The van der Waals surface area contributed by atoms with Crippen molar-refractivity contribution in [3.05, 3.63) is 105 Å². The summed E-state index contributed by atoms with van der Waals surface area (Å²) in [5.41, 5.74) is 3.46. The number of likely N-dealkylation sites (tertiary alicyclic amines) is 1. The number of hydrogen-bond donors (Lipinski definition) is 4. The van der Waals surface area contributed by atoms with Crippen molar-refractivity contribution in [2.75, 3.05) is 43.0 Å². The van der Waals surface area contributed by atoms with Gasteiger partial charge in [0.25, 0.3) is 21.6 Å². The van der Waals surface area contributed by atoms with Gasteiger partial charge in [-0.15, -0.1) is 0 Å². The molecule has 1 amide bonds. The van der Waals surface area contributed by atoms with Crippen molar-refractivity contribution in [3.8, 4) is 17.2 Å². The summed E-state index contributed by atoms with van der Waals surface area (Å²) in [6.45, 7) is 14.0. The molecule has 15 nitrogen and oxygen atoms in total. The number of H-pyrrole nitrogens is 1. The number of nitro groups is 1. The molecule has 0 bridgehead atoms. The molecule has 17 heteroatoms. The highest BCUT2D eigenvalue weighted by molar-refractivity contribution is 7.90. The second kappa shape index (κ2) is 18.4. The lowest BCUT2D eigenvalue weighted by atomic mass is 9.70. The second-order valence-electron chi connectivity index (χ2n) is 21.5. The van der Waals surface area contributed by atoms with E-state index in [1.54, 1.807) is 19.1 Å². The molecule has 5 aromatic rings. The fraction of sp³-hybridized carbons (Fsp3) is 0.509. The van der Waals surface area contributed by atoms with Gasteiger partial charge < -0.3 is 29.8 Å². The van der Waals surface area contributed by atoms with E-state index in [1.165, 1.54) is 54.8 Å². The minimum Gasteiger partial charge on any atom is -0.489 e. The highest BCUT2D eigenvalue weighted by Gasteiger charge is 2.49. The number of hydrogen-bond acceptors (Lipinski definition) is 12. The first kappa shape index (κ1) is 47.9. The minimum atomic E-state index is -4.73. The number of anilines is 2. The average molecular weight is 978 g/mol. The molecule has 2 saturated heterocycles. The number of piperidine rings is 1. The standard InChI is InChI=1S/C53H64FN7O8S/c1-31(2)36-9-6-7-10-37(36)38-11-8-12-43(38)60-29-53(30-60)19-21-59(22-20-53)34-13-14-39(45(23-34)69-47-26-40-41(54)27-55-50(40)57-48(47)32(3)4)51(62)58-70(66,67)35-24-44(61(64)65)49-46(25-35)68-28-42(56-49)33-15-17-52(5,63)18-16-33/h6-7,9-10,13-14,23-27,31-33,38,42-43,56,63H,8,11-12,15-22,28-30H2,1-5H3,(H,55,57)(H,58,62)/t33?,38-,42+,43?,52?/m0/s1. The molecule has 0 radical (unpaired) electrons. The number of carbonyl (C=O) groups excluding carboxylic acids is 1. The zero-order valence-corrected chi connectivity index (χ0v) is 41.4. The topological polar surface area (TPSA) is 192 Å². The fourth-order valence-corrected chi connectivity index (χ4v) is 13.0. The molecule has 3 aromatic carbocycles. The molecule has 4 N–H and O–H groups in total. The van der Waals surface area contributed by atoms with Crippen LogP contribution in [0.1, 0.15) is 137 Å². The largest absolute Gasteiger partial charge is 0.489 e. The van der Waals surface area contributed by atoms with Gasteiger partial charge in [-0.2, -0.15) is 0 Å². The third-order valence-corrected chi connectivity index (χ3v) is 17.3. The lowest BCUT2D eigenvalue weighted by Crippen LogP contribution is -2.63. The van der Waals surface area contributed by atoms with E-state index in [9.17, 15) is 32.8 Å². The first-order chi connectivity index (χ1) is 33.4. The number of sulfonamides is 1. The van der Waals surface area contributed by atoms with Crippen molar-refractivity contribution in [3.63, 3.8) is 0 Å². The predicted molar refractivity (Wildman–Crippen MR) is 266 cm³/mol. The van der Waals surface area contributed by atoms with Crippen molar-refractivity contribution < 1.29 is 37.1 Å². The van der Waals surface area contributed by atoms with Gasteiger partial charge >= 0.3 is 0 Å². The van der Waals surface area contributed by atoms with Crippen LogP contribution in [0.4, 0.5) is 21.5 Å². The van der Waals surface area contributed by atoms with Crippen LogP contribution in [0.5, 0.6) is 17.2 Å². The molecule has 2 aliphatic carbocycles. The highest BCUT2D eigenvalue weighted by Crippen LogP contribution is 2.50. The fourth-order valence-electron chi connectivity index (χ4n) is 12.0. The maximum atomic E-state index is 15.0. The van der Waals surface area contributed by atoms with Crippen molar-refractivity contribution in [2.24, 2.45) is 11.3 Å². The van der Waals surface area contributed by atoms with E-state index in [0.717, 1.165) is 50.8 Å². The minimum absolute atomic E-state index is 0.0244. The summed E-state index contributed by atoms with van der Waals surface area (Å²) in [4.78, 5) is 38.1. The number of aliphatic hydroxyl groups is 1. The average Bonchev–Trinajstić information content (AvgIpc) is 3.96. The molecule has 5 heterocycles. The number of pyridine rings is 1. The van der Waals surface area contributed by atoms with Gasteiger partial charge in [-0.05, 0) is 117 Å². The van der Waals surface area contributed by atoms with Crippen molar-refractivity contribution >= 4 is 44.0 Å². The Labute approximate surface area is 408 Å². The van der Waals surface area contributed by atoms with Crippen LogP contribution < -0.4 is 24.4 Å². The maximum absolute atomic E-state index is 15.0. The molecule has 1 spiro atoms. The zero-order chi connectivity index (χ0) is 49.3. The Hall–Kier alpha value is -5.78. The number of ether oxygens (including phenoxy) is 2. The van der Waals surface area contributed by atoms with Gasteiger partial charge in [0.2, 0.25) is 0 Å². The molecule has 372 valence electrons. The molecule has 2 aromatic heterocycles. The molecule has 3 aliphatic heterocycles. The molecular weight excluding hydrogens is 914 g/mol. The number of amides is 1. The maximum Gasteiger partial charge on any atom is 0.297 e. The van der Waals surface area contributed by atoms with Crippen LogP contribution in [-0.4, -0.2) is 89.7 Å². The molecule has 5 aliphatic rings. The van der Waals surface area contributed by atoms with Gasteiger partial charge in [-0.25, -0.2) is 22.5 Å². The monoisotopic (exact) mass is 977 g/mol. The number of fused-ring (bicyclic) bond motifs is 2. The van der Waals surface area contributed by atoms with Gasteiger partial charge in [0.1, 0.15) is 29.6 Å². The Bertz CT molecular complexity index is 2930. The summed E-state index contributed by atoms with van der Waals surface area (Å²) in [5, 5.41) is 26.4. The number of nitrogens with one attached hydrogen (secondary N) is 3. The van der Waals surface area contributed by atoms with Gasteiger partial charge in [-0.3, -0.25) is 19.8 Å². The van der Waals surface area contributed by atoms with Crippen molar-refractivity contribution in [1.29, 1.82) is 0 Å². The van der Waals surface area contributed by atoms with Crippen molar-refractivity contribution in [1.82, 2.24) is 19.6 Å². The number of aromatic nitrogens is 2. The Morgan fingerprint density at radius 3 is 2.44 bits per heavy atom. The third kappa shape index (κ3) is 9.20. The molecular formula is C53H64FN7O8S. The van der Waals surface area contributed by atoms with Crippen LogP contribution in [0.2, 0.25) is 0 Å². The predicted octanol–water partition coefficient (Wildman–Crippen LogP) is 10.1. The summed E-state index contributed by atoms with van der Waals surface area (Å²) >= 11 is 0. The molecule has 70 heavy (non-hydrogen) atoms. The first-order valence-electron chi connectivity index (χ1n) is 25.0. The number of aromatic amines is 1. The Balaban J connectivity index is 0.892. The lowest BCUT2D eigenvalue weighted by Gasteiger charge is -2.57. The number of nitro benzene ring substituents is 1. The van der Waals surface area contributed by atoms with E-state index in [1.807, 2.05) is 13.8 Å². The van der Waals surface area contributed by atoms with Gasteiger partial charge in [0.15, 0.2) is 11.4 Å². The third-order valence-electron chi connectivity index (χ3n) is 16.0. The second-order valence-corrected chi connectivity index (χ2v) is 23.2. The summed E-state index contributed by atoms with van der Waals surface area (Å²) < 4.78 is 57.9. The molecule has 3 atom stereocenters. The summed E-state index contributed by atoms with van der Waals surface area (Å²) in [7, 11) is -4.73. The lowest BCUT2D eigenvalue weighted by molar-refractivity contribution is -0.384. The van der Waals surface area contributed by atoms with Gasteiger partial charge in [0.05, 0.1) is 38.1 Å². The van der Waals surface area contributed by atoms with E-state index in [0.29, 0.717) is 54.9 Å². The smallest absolute Gasteiger partial charge is 0.297 e. The molecule has 2 saturated carbocycles. The first-order valence-corrected chi connectivity index (χ1v) is 26.4. The van der Waals surface area contributed by atoms with Crippen LogP contribution >= 0.6 is 0 Å². The Kier molecular flexibility index (Phi) is 12.6. The number of rotatable bonds is 12. The van der Waals surface area contributed by atoms with Crippen LogP contribution in [0, 0.1) is 27.3 Å². The van der Waals surface area contributed by atoms with Crippen LogP contribution in [0.15, 0.2) is 71.8 Å². The van der Waals surface area contributed by atoms with E-state index in [-0.39, 0.29) is 63.8 Å². The van der Waals surface area contributed by atoms with E-state index >= 15 is 0 Å².